The third-order valence-electron chi connectivity index (χ3n) is 4.63. The second-order valence-corrected chi connectivity index (χ2v) is 7.45. The van der Waals surface area contributed by atoms with Gasteiger partial charge in [-0.25, -0.2) is 13.8 Å². The molecule has 1 atom stereocenters. The zero-order valence-corrected chi connectivity index (χ0v) is 15.9. The maximum atomic E-state index is 13.2. The molecule has 7 heteroatoms. The van der Waals surface area contributed by atoms with Crippen LogP contribution < -0.4 is 10.9 Å². The number of benzene rings is 2. The summed E-state index contributed by atoms with van der Waals surface area (Å²) in [6.07, 6.45) is -0.745. The average molecular weight is 467 g/mol. The number of hydrogen-bond acceptors (Lipinski definition) is 3. The second-order valence-electron chi connectivity index (χ2n) is 6.29. The molecular formula is C19H16F2IN3O. The number of nitrogens with one attached hydrogen (secondary N) is 1. The Morgan fingerprint density at radius 1 is 1.23 bits per heavy atom. The van der Waals surface area contributed by atoms with Crippen molar-refractivity contribution in [2.24, 2.45) is 0 Å². The van der Waals surface area contributed by atoms with Gasteiger partial charge in [0.1, 0.15) is 5.82 Å². The number of para-hydroxylation sites is 1. The summed E-state index contributed by atoms with van der Waals surface area (Å²) in [5.41, 5.74) is 0.735. The molecule has 0 bridgehead atoms. The van der Waals surface area contributed by atoms with E-state index in [-0.39, 0.29) is 17.2 Å². The second kappa shape index (κ2) is 7.03. The van der Waals surface area contributed by atoms with Crippen LogP contribution in [0.2, 0.25) is 0 Å². The van der Waals surface area contributed by atoms with E-state index in [1.807, 2.05) is 6.07 Å². The molecule has 1 N–H and O–H groups in total. The Labute approximate surface area is 162 Å². The molecule has 0 saturated carbocycles. The Morgan fingerprint density at radius 2 is 2.04 bits per heavy atom. The molecule has 0 aliphatic carbocycles. The van der Waals surface area contributed by atoms with Gasteiger partial charge in [-0.1, -0.05) is 18.2 Å². The van der Waals surface area contributed by atoms with Gasteiger partial charge >= 0.3 is 0 Å². The quantitative estimate of drug-likeness (QED) is 0.583. The highest BCUT2D eigenvalue weighted by atomic mass is 127. The number of hydrogen-bond donors (Lipinski definition) is 1. The molecule has 1 fully saturated rings. The molecule has 0 amide bonds. The van der Waals surface area contributed by atoms with Crippen molar-refractivity contribution in [2.75, 3.05) is 6.54 Å². The van der Waals surface area contributed by atoms with Crippen LogP contribution in [0.5, 0.6) is 0 Å². The van der Waals surface area contributed by atoms with E-state index in [1.54, 1.807) is 24.3 Å². The van der Waals surface area contributed by atoms with Crippen molar-refractivity contribution in [3.63, 3.8) is 0 Å². The van der Waals surface area contributed by atoms with Crippen LogP contribution in [0.15, 0.2) is 47.3 Å². The molecule has 26 heavy (non-hydrogen) atoms. The number of rotatable bonds is 3. The third kappa shape index (κ3) is 3.03. The van der Waals surface area contributed by atoms with E-state index >= 15 is 0 Å². The molecule has 2 aromatic carbocycles. The monoisotopic (exact) mass is 467 g/mol. The van der Waals surface area contributed by atoms with Crippen molar-refractivity contribution in [1.82, 2.24) is 14.9 Å². The maximum Gasteiger partial charge on any atom is 0.266 e. The fourth-order valence-corrected chi connectivity index (χ4v) is 4.00. The van der Waals surface area contributed by atoms with Gasteiger partial charge in [-0.3, -0.25) is 9.36 Å². The Hall–Kier alpha value is -1.87. The molecule has 1 aromatic heterocycles. The van der Waals surface area contributed by atoms with Gasteiger partial charge < -0.3 is 5.32 Å². The van der Waals surface area contributed by atoms with Crippen molar-refractivity contribution < 1.29 is 8.78 Å². The van der Waals surface area contributed by atoms with Crippen molar-refractivity contribution in [3.05, 3.63) is 67.8 Å². The van der Waals surface area contributed by atoms with Crippen molar-refractivity contribution in [1.29, 1.82) is 0 Å². The number of alkyl halides is 2. The predicted octanol–water partition coefficient (Wildman–Crippen LogP) is 4.35. The minimum atomic E-state index is -2.59. The third-order valence-corrected chi connectivity index (χ3v) is 5.50. The molecule has 1 saturated heterocycles. The molecule has 2 heterocycles. The molecule has 1 aliphatic rings. The fraction of sp³-hybridized carbons (Fsp3) is 0.263. The van der Waals surface area contributed by atoms with Gasteiger partial charge in [0.05, 0.1) is 22.6 Å². The Kier molecular flexibility index (Phi) is 4.74. The zero-order valence-electron chi connectivity index (χ0n) is 13.8. The number of aromatic nitrogens is 2. The summed E-state index contributed by atoms with van der Waals surface area (Å²) in [7, 11) is 0. The van der Waals surface area contributed by atoms with Crippen LogP contribution in [0.4, 0.5) is 8.78 Å². The summed E-state index contributed by atoms with van der Waals surface area (Å²) in [5.74, 6) is 0.579. The Balaban J connectivity index is 2.03. The summed E-state index contributed by atoms with van der Waals surface area (Å²) < 4.78 is 28.7. The van der Waals surface area contributed by atoms with Gasteiger partial charge in [-0.05, 0) is 66.2 Å². The number of fused-ring (bicyclic) bond motifs is 1. The van der Waals surface area contributed by atoms with Gasteiger partial charge in [0.2, 0.25) is 0 Å². The van der Waals surface area contributed by atoms with E-state index < -0.39 is 6.43 Å². The summed E-state index contributed by atoms with van der Waals surface area (Å²) in [6, 6.07) is 11.3. The first kappa shape index (κ1) is 17.5. The minimum Gasteiger partial charge on any atom is -0.307 e. The highest BCUT2D eigenvalue weighted by molar-refractivity contribution is 14.1. The topological polar surface area (TPSA) is 46.9 Å². The maximum absolute atomic E-state index is 13.2. The first-order valence-corrected chi connectivity index (χ1v) is 9.47. The zero-order chi connectivity index (χ0) is 18.3. The number of halogens is 3. The van der Waals surface area contributed by atoms with E-state index in [9.17, 15) is 13.6 Å². The first-order valence-electron chi connectivity index (χ1n) is 8.39. The lowest BCUT2D eigenvalue weighted by Crippen LogP contribution is -2.29. The van der Waals surface area contributed by atoms with Crippen molar-refractivity contribution in [3.8, 4) is 5.69 Å². The molecule has 4 rings (SSSR count). The van der Waals surface area contributed by atoms with E-state index in [2.05, 4.69) is 27.9 Å². The largest absolute Gasteiger partial charge is 0.307 e. The van der Waals surface area contributed by atoms with E-state index in [4.69, 9.17) is 4.98 Å². The molecule has 3 aromatic rings. The smallest absolute Gasteiger partial charge is 0.266 e. The lowest BCUT2D eigenvalue weighted by atomic mass is 10.1. The van der Waals surface area contributed by atoms with Gasteiger partial charge in [-0.2, -0.15) is 0 Å². The van der Waals surface area contributed by atoms with Crippen LogP contribution >= 0.6 is 22.6 Å². The summed E-state index contributed by atoms with van der Waals surface area (Å²) in [5, 5.41) is 3.85. The van der Waals surface area contributed by atoms with Crippen LogP contribution in [0, 0.1) is 3.57 Å². The van der Waals surface area contributed by atoms with Gasteiger partial charge in [-0.15, -0.1) is 0 Å². The van der Waals surface area contributed by atoms with Crippen molar-refractivity contribution in [2.45, 2.75) is 25.3 Å². The summed E-state index contributed by atoms with van der Waals surface area (Å²) in [6.45, 7) is 0.849. The van der Waals surface area contributed by atoms with Crippen LogP contribution in [0.3, 0.4) is 0 Å². The SMILES string of the molecule is O=c1c2cccc(I)c2nc([C@@H]2CCCN2)n1-c1cccc(C(F)F)c1. The minimum absolute atomic E-state index is 0.0710. The van der Waals surface area contributed by atoms with Crippen LogP contribution in [-0.2, 0) is 0 Å². The standard InChI is InChI=1S/C19H16F2IN3O/c20-17(21)11-4-1-5-12(10-11)25-18(15-8-3-9-23-15)24-16-13(19(25)26)6-2-7-14(16)22/h1-2,4-7,10,15,17,23H,3,8-9H2/t15-/m0/s1. The predicted molar refractivity (Wildman–Crippen MR) is 105 cm³/mol. The molecule has 4 nitrogen and oxygen atoms in total. The Bertz CT molecular complexity index is 1030. The molecule has 1 aliphatic heterocycles. The van der Waals surface area contributed by atoms with Crippen LogP contribution in [0.1, 0.15) is 36.7 Å². The lowest BCUT2D eigenvalue weighted by Gasteiger charge is -2.19. The van der Waals surface area contributed by atoms with Crippen LogP contribution in [0.25, 0.3) is 16.6 Å². The first-order chi connectivity index (χ1) is 12.6. The molecule has 0 spiro atoms. The van der Waals surface area contributed by atoms with Gasteiger partial charge in [0.15, 0.2) is 0 Å². The fourth-order valence-electron chi connectivity index (χ4n) is 3.38. The Morgan fingerprint density at radius 3 is 2.77 bits per heavy atom. The van der Waals surface area contributed by atoms with Gasteiger partial charge in [0.25, 0.3) is 12.0 Å². The van der Waals surface area contributed by atoms with E-state index in [0.29, 0.717) is 22.4 Å². The van der Waals surface area contributed by atoms with E-state index in [1.165, 1.54) is 16.7 Å². The van der Waals surface area contributed by atoms with Crippen LogP contribution in [-0.4, -0.2) is 16.1 Å². The normalized spacial score (nSPS) is 17.3. The number of nitrogens with zero attached hydrogens (tertiary/aromatic N) is 2. The summed E-state index contributed by atoms with van der Waals surface area (Å²) >= 11 is 2.16. The lowest BCUT2D eigenvalue weighted by molar-refractivity contribution is 0.151. The van der Waals surface area contributed by atoms with Gasteiger partial charge in [0, 0.05) is 9.13 Å². The average Bonchev–Trinajstić information content (AvgIpc) is 3.17. The molecule has 134 valence electrons. The molecular weight excluding hydrogens is 451 g/mol. The molecule has 0 radical (unpaired) electrons. The van der Waals surface area contributed by atoms with E-state index in [0.717, 1.165) is 23.0 Å². The highest BCUT2D eigenvalue weighted by Gasteiger charge is 2.24. The van der Waals surface area contributed by atoms with Crippen molar-refractivity contribution >= 4 is 33.5 Å². The summed E-state index contributed by atoms with van der Waals surface area (Å²) in [4.78, 5) is 18.0. The molecule has 0 unspecified atom stereocenters. The highest BCUT2D eigenvalue weighted by Crippen LogP contribution is 2.27.